The normalized spacial score (nSPS) is 24.6. The van der Waals surface area contributed by atoms with Gasteiger partial charge in [0, 0.05) is 6.54 Å². The molecule has 0 radical (unpaired) electrons. The lowest BCUT2D eigenvalue weighted by atomic mass is 9.96. The number of imide groups is 1. The van der Waals surface area contributed by atoms with E-state index in [0.29, 0.717) is 18.8 Å². The molecule has 134 valence electrons. The highest BCUT2D eigenvalue weighted by molar-refractivity contribution is 6.22. The third kappa shape index (κ3) is 3.58. The summed E-state index contributed by atoms with van der Waals surface area (Å²) in [5, 5.41) is 0. The first-order chi connectivity index (χ1) is 12.0. The molecule has 0 bridgehead atoms. The Hall–Kier alpha value is -2.21. The molecule has 0 saturated carbocycles. The predicted molar refractivity (Wildman–Crippen MR) is 93.0 cm³/mol. The van der Waals surface area contributed by atoms with Gasteiger partial charge in [0.15, 0.2) is 0 Å². The standard InChI is InChI=1S/C19H24N2O4/c1-3-25-19(24)14-7-5-9-20(12-14)16-11-17(22)21(18(16)23)15-8-4-6-13(2)10-15/h4,6,8,10,14,16H,3,5,7,9,11-12H2,1-2H3/t14-,16-/m0/s1. The second kappa shape index (κ2) is 7.35. The molecule has 2 atom stereocenters. The fourth-order valence-electron chi connectivity index (χ4n) is 3.68. The number of anilines is 1. The van der Waals surface area contributed by atoms with E-state index in [1.54, 1.807) is 13.0 Å². The largest absolute Gasteiger partial charge is 0.466 e. The molecule has 0 spiro atoms. The molecule has 3 rings (SSSR count). The number of benzene rings is 1. The number of amides is 2. The van der Waals surface area contributed by atoms with Crippen LogP contribution in [0, 0.1) is 12.8 Å². The molecule has 6 heteroatoms. The van der Waals surface area contributed by atoms with Gasteiger partial charge in [0.05, 0.1) is 30.7 Å². The van der Waals surface area contributed by atoms with E-state index in [0.717, 1.165) is 24.9 Å². The van der Waals surface area contributed by atoms with E-state index in [4.69, 9.17) is 4.74 Å². The van der Waals surface area contributed by atoms with Gasteiger partial charge >= 0.3 is 5.97 Å². The van der Waals surface area contributed by atoms with E-state index >= 15 is 0 Å². The van der Waals surface area contributed by atoms with Crippen LogP contribution in [0.4, 0.5) is 5.69 Å². The Labute approximate surface area is 147 Å². The van der Waals surface area contributed by atoms with Crippen LogP contribution in [0.1, 0.15) is 31.7 Å². The summed E-state index contributed by atoms with van der Waals surface area (Å²) < 4.78 is 5.12. The van der Waals surface area contributed by atoms with Crippen LogP contribution in [-0.2, 0) is 19.1 Å². The molecule has 2 saturated heterocycles. The van der Waals surface area contributed by atoms with Crippen LogP contribution in [0.5, 0.6) is 0 Å². The van der Waals surface area contributed by atoms with Gasteiger partial charge in [-0.25, -0.2) is 4.90 Å². The molecule has 2 aliphatic heterocycles. The summed E-state index contributed by atoms with van der Waals surface area (Å²) in [7, 11) is 0. The van der Waals surface area contributed by atoms with Gasteiger partial charge in [0.1, 0.15) is 0 Å². The van der Waals surface area contributed by atoms with E-state index in [2.05, 4.69) is 0 Å². The molecule has 0 unspecified atom stereocenters. The number of esters is 1. The molecule has 2 heterocycles. The van der Waals surface area contributed by atoms with Crippen molar-refractivity contribution in [1.29, 1.82) is 0 Å². The zero-order valence-corrected chi connectivity index (χ0v) is 14.7. The van der Waals surface area contributed by atoms with Crippen molar-refractivity contribution in [2.45, 2.75) is 39.2 Å². The summed E-state index contributed by atoms with van der Waals surface area (Å²) in [6, 6.07) is 6.92. The van der Waals surface area contributed by atoms with E-state index in [1.165, 1.54) is 4.90 Å². The van der Waals surface area contributed by atoms with Crippen LogP contribution < -0.4 is 4.90 Å². The van der Waals surface area contributed by atoms with Crippen molar-refractivity contribution in [2.24, 2.45) is 5.92 Å². The molecule has 0 aliphatic carbocycles. The van der Waals surface area contributed by atoms with Gasteiger partial charge in [-0.15, -0.1) is 0 Å². The van der Waals surface area contributed by atoms with Gasteiger partial charge in [-0.3, -0.25) is 19.3 Å². The highest BCUT2D eigenvalue weighted by Crippen LogP contribution is 2.29. The minimum Gasteiger partial charge on any atom is -0.466 e. The average Bonchev–Trinajstić information content (AvgIpc) is 2.90. The number of hydrogen-bond donors (Lipinski definition) is 0. The summed E-state index contributed by atoms with van der Waals surface area (Å²) >= 11 is 0. The van der Waals surface area contributed by atoms with Crippen molar-refractivity contribution in [3.63, 3.8) is 0 Å². The SMILES string of the molecule is CCOC(=O)[C@H]1CCCN([C@H]2CC(=O)N(c3cccc(C)c3)C2=O)C1. The average molecular weight is 344 g/mol. The van der Waals surface area contributed by atoms with Crippen molar-refractivity contribution < 1.29 is 19.1 Å². The third-order valence-corrected chi connectivity index (χ3v) is 4.90. The lowest BCUT2D eigenvalue weighted by molar-refractivity contribution is -0.150. The number of ether oxygens (including phenoxy) is 1. The Morgan fingerprint density at radius 2 is 2.12 bits per heavy atom. The topological polar surface area (TPSA) is 66.9 Å². The van der Waals surface area contributed by atoms with Crippen molar-refractivity contribution in [3.05, 3.63) is 29.8 Å². The Morgan fingerprint density at radius 1 is 1.32 bits per heavy atom. The third-order valence-electron chi connectivity index (χ3n) is 4.90. The number of nitrogens with zero attached hydrogens (tertiary/aromatic N) is 2. The number of rotatable bonds is 4. The lowest BCUT2D eigenvalue weighted by Crippen LogP contribution is -2.48. The number of carbonyl (C=O) groups is 3. The first kappa shape index (κ1) is 17.6. The highest BCUT2D eigenvalue weighted by atomic mass is 16.5. The first-order valence-electron chi connectivity index (χ1n) is 8.85. The molecule has 0 N–H and O–H groups in total. The predicted octanol–water partition coefficient (Wildman–Crippen LogP) is 1.90. The van der Waals surface area contributed by atoms with Crippen LogP contribution in [-0.4, -0.2) is 48.4 Å². The fraction of sp³-hybridized carbons (Fsp3) is 0.526. The number of piperidine rings is 1. The maximum absolute atomic E-state index is 12.9. The molecule has 1 aromatic rings. The van der Waals surface area contributed by atoms with Crippen LogP contribution in [0.3, 0.4) is 0 Å². The minimum atomic E-state index is -0.481. The second-order valence-electron chi connectivity index (χ2n) is 6.71. The Kier molecular flexibility index (Phi) is 5.18. The monoisotopic (exact) mass is 344 g/mol. The maximum atomic E-state index is 12.9. The summed E-state index contributed by atoms with van der Waals surface area (Å²) in [4.78, 5) is 40.6. The Balaban J connectivity index is 1.74. The molecule has 2 aliphatic rings. The van der Waals surface area contributed by atoms with E-state index < -0.39 is 6.04 Å². The van der Waals surface area contributed by atoms with Crippen molar-refractivity contribution in [3.8, 4) is 0 Å². The van der Waals surface area contributed by atoms with Crippen molar-refractivity contribution in [2.75, 3.05) is 24.6 Å². The molecule has 6 nitrogen and oxygen atoms in total. The smallest absolute Gasteiger partial charge is 0.310 e. The van der Waals surface area contributed by atoms with Crippen LogP contribution in [0.15, 0.2) is 24.3 Å². The Morgan fingerprint density at radius 3 is 2.84 bits per heavy atom. The van der Waals surface area contributed by atoms with Gasteiger partial charge in [-0.05, 0) is 50.9 Å². The minimum absolute atomic E-state index is 0.169. The van der Waals surface area contributed by atoms with E-state index in [-0.39, 0.29) is 30.1 Å². The fourth-order valence-corrected chi connectivity index (χ4v) is 3.68. The summed E-state index contributed by atoms with van der Waals surface area (Å²) in [5.74, 6) is -0.803. The van der Waals surface area contributed by atoms with Crippen molar-refractivity contribution >= 4 is 23.5 Å². The number of aryl methyl sites for hydroxylation is 1. The van der Waals surface area contributed by atoms with Crippen LogP contribution >= 0.6 is 0 Å². The van der Waals surface area contributed by atoms with Gasteiger partial charge in [0.25, 0.3) is 5.91 Å². The van der Waals surface area contributed by atoms with E-state index in [1.807, 2.05) is 30.0 Å². The Bertz CT molecular complexity index is 688. The molecule has 2 fully saturated rings. The summed E-state index contributed by atoms with van der Waals surface area (Å²) in [6.45, 7) is 5.28. The molecule has 25 heavy (non-hydrogen) atoms. The maximum Gasteiger partial charge on any atom is 0.310 e. The van der Waals surface area contributed by atoms with Gasteiger partial charge in [0.2, 0.25) is 5.91 Å². The number of hydrogen-bond acceptors (Lipinski definition) is 5. The van der Waals surface area contributed by atoms with Gasteiger partial charge in [-0.1, -0.05) is 12.1 Å². The molecular formula is C19H24N2O4. The molecular weight excluding hydrogens is 320 g/mol. The quantitative estimate of drug-likeness (QED) is 0.616. The molecule has 2 amide bonds. The number of carbonyl (C=O) groups excluding carboxylic acids is 3. The first-order valence-corrected chi connectivity index (χ1v) is 8.85. The molecule has 0 aromatic heterocycles. The number of likely N-dealkylation sites (tertiary alicyclic amines) is 1. The zero-order valence-electron chi connectivity index (χ0n) is 14.7. The highest BCUT2D eigenvalue weighted by Gasteiger charge is 2.44. The second-order valence-corrected chi connectivity index (χ2v) is 6.71. The summed E-state index contributed by atoms with van der Waals surface area (Å²) in [5.41, 5.74) is 1.62. The zero-order chi connectivity index (χ0) is 18.0. The lowest BCUT2D eigenvalue weighted by Gasteiger charge is -2.34. The van der Waals surface area contributed by atoms with Crippen molar-refractivity contribution in [1.82, 2.24) is 4.90 Å². The van der Waals surface area contributed by atoms with E-state index in [9.17, 15) is 14.4 Å². The molecule has 1 aromatic carbocycles. The summed E-state index contributed by atoms with van der Waals surface area (Å²) in [6.07, 6.45) is 1.76. The van der Waals surface area contributed by atoms with Gasteiger partial charge < -0.3 is 4.74 Å². The van der Waals surface area contributed by atoms with Crippen LogP contribution in [0.2, 0.25) is 0 Å². The van der Waals surface area contributed by atoms with Gasteiger partial charge in [-0.2, -0.15) is 0 Å². The van der Waals surface area contributed by atoms with Crippen LogP contribution in [0.25, 0.3) is 0 Å².